The van der Waals surface area contributed by atoms with Gasteiger partial charge < -0.3 is 5.11 Å². The fourth-order valence-electron chi connectivity index (χ4n) is 2.70. The minimum absolute atomic E-state index is 0.352. The minimum Gasteiger partial charge on any atom is -0.395 e. The minimum atomic E-state index is 0.352. The zero-order chi connectivity index (χ0) is 9.97. The zero-order valence-corrected chi connectivity index (χ0v) is 10.7. The van der Waals surface area contributed by atoms with E-state index in [0.717, 1.165) is 6.04 Å². The molecule has 0 aromatic rings. The fraction of sp³-hybridized carbons (Fsp3) is 1.00. The van der Waals surface area contributed by atoms with Gasteiger partial charge in [0.25, 0.3) is 0 Å². The Balaban J connectivity index is 1.88. The van der Waals surface area contributed by atoms with Crippen molar-refractivity contribution in [2.75, 3.05) is 26.2 Å². The molecule has 2 aliphatic heterocycles. The van der Waals surface area contributed by atoms with Gasteiger partial charge in [0.2, 0.25) is 0 Å². The Labute approximate surface area is 99.9 Å². The van der Waals surface area contributed by atoms with Crippen LogP contribution >= 0.6 is 22.9 Å². The summed E-state index contributed by atoms with van der Waals surface area (Å²) in [6.45, 7) is 3.97. The summed E-state index contributed by atoms with van der Waals surface area (Å²) >= 11 is 2.41. The van der Waals surface area contributed by atoms with Crippen LogP contribution in [0.4, 0.5) is 0 Å². The highest BCUT2D eigenvalue weighted by atomic mass is 127. The molecular weight excluding hydrogens is 291 g/mol. The van der Waals surface area contributed by atoms with E-state index in [1.54, 1.807) is 0 Å². The van der Waals surface area contributed by atoms with Crippen molar-refractivity contribution in [1.82, 2.24) is 8.01 Å². The molecule has 82 valence electrons. The molecule has 4 heteroatoms. The first-order valence-electron chi connectivity index (χ1n) is 5.58. The van der Waals surface area contributed by atoms with E-state index in [2.05, 4.69) is 30.9 Å². The number of hydrogen-bond donors (Lipinski definition) is 1. The highest BCUT2D eigenvalue weighted by Gasteiger charge is 2.31. The van der Waals surface area contributed by atoms with Crippen LogP contribution in [0.3, 0.4) is 0 Å². The topological polar surface area (TPSA) is 26.7 Å². The molecule has 0 radical (unpaired) electrons. The molecule has 0 spiro atoms. The van der Waals surface area contributed by atoms with Crippen molar-refractivity contribution in [2.45, 2.75) is 37.8 Å². The summed E-state index contributed by atoms with van der Waals surface area (Å²) < 4.78 is 2.37. The lowest BCUT2D eigenvalue weighted by Gasteiger charge is -2.37. The van der Waals surface area contributed by atoms with E-state index in [0.29, 0.717) is 12.6 Å². The van der Waals surface area contributed by atoms with Gasteiger partial charge in [-0.25, -0.2) is 3.11 Å². The molecule has 1 unspecified atom stereocenters. The maximum atomic E-state index is 9.27. The smallest absolute Gasteiger partial charge is 0.0586 e. The maximum absolute atomic E-state index is 9.27. The second-order valence-corrected chi connectivity index (χ2v) is 5.72. The molecule has 0 aromatic carbocycles. The summed E-state index contributed by atoms with van der Waals surface area (Å²) in [5.74, 6) is 0. The normalized spacial score (nSPS) is 32.6. The highest BCUT2D eigenvalue weighted by molar-refractivity contribution is 14.1. The van der Waals surface area contributed by atoms with Crippen LogP contribution in [-0.2, 0) is 0 Å². The predicted molar refractivity (Wildman–Crippen MR) is 65.4 cm³/mol. The molecule has 2 rings (SSSR count). The van der Waals surface area contributed by atoms with E-state index in [9.17, 15) is 5.11 Å². The number of likely N-dealkylation sites (tertiary alicyclic amines) is 1. The molecule has 14 heavy (non-hydrogen) atoms. The third kappa shape index (κ3) is 2.40. The van der Waals surface area contributed by atoms with Gasteiger partial charge in [-0.2, -0.15) is 0 Å². The second-order valence-electron chi connectivity index (χ2n) is 4.36. The predicted octanol–water partition coefficient (Wildman–Crippen LogP) is 1.26. The molecule has 2 aliphatic rings. The first-order valence-corrected chi connectivity index (χ1v) is 6.55. The lowest BCUT2D eigenvalue weighted by Crippen LogP contribution is -2.45. The van der Waals surface area contributed by atoms with Crippen molar-refractivity contribution in [3.05, 3.63) is 0 Å². The summed E-state index contributed by atoms with van der Waals surface area (Å²) in [5, 5.41) is 9.27. The monoisotopic (exact) mass is 310 g/mol. The molecule has 0 saturated carbocycles. The Morgan fingerprint density at radius 2 is 1.86 bits per heavy atom. The molecule has 0 aliphatic carbocycles. The van der Waals surface area contributed by atoms with E-state index >= 15 is 0 Å². The summed E-state index contributed by atoms with van der Waals surface area (Å²) in [6.07, 6.45) is 5.02. The van der Waals surface area contributed by atoms with Crippen molar-refractivity contribution in [2.24, 2.45) is 0 Å². The van der Waals surface area contributed by atoms with Crippen LogP contribution < -0.4 is 0 Å². The fourth-order valence-corrected chi connectivity index (χ4v) is 3.26. The number of hydrogen-bond acceptors (Lipinski definition) is 3. The Bertz CT molecular complexity index is 183. The Morgan fingerprint density at radius 3 is 2.50 bits per heavy atom. The molecule has 3 nitrogen and oxygen atoms in total. The molecule has 0 amide bonds. The largest absolute Gasteiger partial charge is 0.395 e. The van der Waals surface area contributed by atoms with Gasteiger partial charge in [-0.1, -0.05) is 0 Å². The van der Waals surface area contributed by atoms with E-state index in [1.165, 1.54) is 45.3 Å². The van der Waals surface area contributed by atoms with Crippen molar-refractivity contribution in [3.63, 3.8) is 0 Å². The van der Waals surface area contributed by atoms with E-state index in [1.807, 2.05) is 0 Å². The molecule has 1 N–H and O–H groups in total. The third-order valence-corrected chi connectivity index (χ3v) is 4.48. The van der Waals surface area contributed by atoms with Crippen molar-refractivity contribution >= 4 is 22.9 Å². The maximum Gasteiger partial charge on any atom is 0.0586 e. The zero-order valence-electron chi connectivity index (χ0n) is 8.53. The molecular formula is C10H19IN2O. The number of nitrogens with zero attached hydrogens (tertiary/aromatic N) is 2. The van der Waals surface area contributed by atoms with Gasteiger partial charge in [-0.3, -0.25) is 4.90 Å². The summed E-state index contributed by atoms with van der Waals surface area (Å²) in [5.41, 5.74) is 0. The van der Waals surface area contributed by atoms with Crippen LogP contribution in [0.1, 0.15) is 25.7 Å². The van der Waals surface area contributed by atoms with E-state index < -0.39 is 0 Å². The van der Waals surface area contributed by atoms with Gasteiger partial charge >= 0.3 is 0 Å². The van der Waals surface area contributed by atoms with Gasteiger partial charge in [0, 0.05) is 48.0 Å². The van der Waals surface area contributed by atoms with E-state index in [4.69, 9.17) is 0 Å². The van der Waals surface area contributed by atoms with Crippen molar-refractivity contribution in [3.8, 4) is 0 Å². The molecule has 2 saturated heterocycles. The van der Waals surface area contributed by atoms with Crippen LogP contribution in [0.15, 0.2) is 0 Å². The second kappa shape index (κ2) is 5.09. The number of rotatable bonds is 2. The van der Waals surface area contributed by atoms with Crippen molar-refractivity contribution < 1.29 is 5.11 Å². The Kier molecular flexibility index (Phi) is 4.04. The van der Waals surface area contributed by atoms with Gasteiger partial charge in [0.05, 0.1) is 6.61 Å². The lowest BCUT2D eigenvalue weighted by molar-refractivity contribution is 0.0938. The highest BCUT2D eigenvalue weighted by Crippen LogP contribution is 2.26. The third-order valence-electron chi connectivity index (χ3n) is 3.51. The Hall–Kier alpha value is 0.610. The number of aliphatic hydroxyl groups is 1. The first-order chi connectivity index (χ1) is 6.81. The van der Waals surface area contributed by atoms with Gasteiger partial charge in [0.15, 0.2) is 0 Å². The average molecular weight is 310 g/mol. The first kappa shape index (κ1) is 11.1. The molecule has 2 heterocycles. The lowest BCUT2D eigenvalue weighted by atomic mass is 10.0. The Morgan fingerprint density at radius 1 is 1.14 bits per heavy atom. The van der Waals surface area contributed by atoms with Gasteiger partial charge in [-0.05, 0) is 32.2 Å². The molecule has 0 aromatic heterocycles. The number of piperidine rings is 1. The summed E-state index contributed by atoms with van der Waals surface area (Å²) in [7, 11) is 0. The average Bonchev–Trinajstić information content (AvgIpc) is 2.67. The van der Waals surface area contributed by atoms with Crippen LogP contribution in [0, 0.1) is 0 Å². The number of aliphatic hydroxyl groups excluding tert-OH is 1. The molecule has 2 fully saturated rings. The summed E-state index contributed by atoms with van der Waals surface area (Å²) in [4.78, 5) is 2.55. The SMILES string of the molecule is OCC1CCCN1C1CCN(I)CC1. The van der Waals surface area contributed by atoms with Crippen LogP contribution in [0.25, 0.3) is 0 Å². The van der Waals surface area contributed by atoms with Crippen LogP contribution in [0.5, 0.6) is 0 Å². The quantitative estimate of drug-likeness (QED) is 0.614. The summed E-state index contributed by atoms with van der Waals surface area (Å²) in [6, 6.07) is 1.20. The van der Waals surface area contributed by atoms with Gasteiger partial charge in [-0.15, -0.1) is 0 Å². The number of halogens is 1. The molecule has 1 atom stereocenters. The van der Waals surface area contributed by atoms with Crippen LogP contribution in [0.2, 0.25) is 0 Å². The molecule has 0 bridgehead atoms. The van der Waals surface area contributed by atoms with E-state index in [-0.39, 0.29) is 0 Å². The van der Waals surface area contributed by atoms with Crippen molar-refractivity contribution in [1.29, 1.82) is 0 Å². The van der Waals surface area contributed by atoms with Gasteiger partial charge in [0.1, 0.15) is 0 Å². The standard InChI is InChI=1S/C10H19IN2O/c11-12-6-3-9(4-7-12)13-5-1-2-10(13)8-14/h9-10,14H,1-8H2. The van der Waals surface area contributed by atoms with Crippen LogP contribution in [-0.4, -0.2) is 51.4 Å².